The smallest absolute Gasteiger partial charge is 0.319 e. The molecule has 0 bridgehead atoms. The number of fused-ring (bicyclic) bond motifs is 1. The standard InChI is InChI=1S/C23H30N2O2/c1-15(2)18-9-7-10-19(16(3)4)21(18)25(22(24)26)14-23(27)13-12-17-8-5-6-11-20(17)23/h5-11,15-16,27H,12-14H2,1-4H3,(H2,24,26). The number of para-hydroxylation sites is 1. The Morgan fingerprint density at radius 3 is 2.22 bits per heavy atom. The van der Waals surface area contributed by atoms with Crippen LogP contribution in [0.5, 0.6) is 0 Å². The number of hydrogen-bond acceptors (Lipinski definition) is 2. The zero-order valence-electron chi connectivity index (χ0n) is 16.7. The molecule has 1 aliphatic carbocycles. The first-order valence-corrected chi connectivity index (χ1v) is 9.75. The van der Waals surface area contributed by atoms with Crippen molar-refractivity contribution in [1.29, 1.82) is 0 Å². The lowest BCUT2D eigenvalue weighted by Crippen LogP contribution is -2.46. The van der Waals surface area contributed by atoms with Gasteiger partial charge in [0.1, 0.15) is 5.60 Å². The minimum Gasteiger partial charge on any atom is -0.383 e. The third-order valence-electron chi connectivity index (χ3n) is 5.62. The van der Waals surface area contributed by atoms with Crippen molar-refractivity contribution < 1.29 is 9.90 Å². The van der Waals surface area contributed by atoms with E-state index in [0.29, 0.717) is 6.42 Å². The quantitative estimate of drug-likeness (QED) is 0.809. The first-order valence-electron chi connectivity index (χ1n) is 9.75. The molecule has 0 saturated carbocycles. The van der Waals surface area contributed by atoms with Gasteiger partial charge in [-0.05, 0) is 46.9 Å². The summed E-state index contributed by atoms with van der Waals surface area (Å²) in [4.78, 5) is 14.1. The summed E-state index contributed by atoms with van der Waals surface area (Å²) in [6, 6.07) is 13.5. The van der Waals surface area contributed by atoms with Gasteiger partial charge >= 0.3 is 6.03 Å². The number of aliphatic hydroxyl groups is 1. The molecule has 0 aromatic heterocycles. The van der Waals surface area contributed by atoms with Gasteiger partial charge in [0.15, 0.2) is 0 Å². The molecule has 4 nitrogen and oxygen atoms in total. The van der Waals surface area contributed by atoms with Gasteiger partial charge in [-0.3, -0.25) is 4.90 Å². The van der Waals surface area contributed by atoms with E-state index < -0.39 is 11.6 Å². The molecule has 1 atom stereocenters. The maximum atomic E-state index is 12.5. The lowest BCUT2D eigenvalue weighted by molar-refractivity contribution is 0.0474. The van der Waals surface area contributed by atoms with Gasteiger partial charge in [-0.1, -0.05) is 70.2 Å². The van der Waals surface area contributed by atoms with Crippen molar-refractivity contribution in [2.45, 2.75) is 58.0 Å². The Hall–Kier alpha value is -2.33. The van der Waals surface area contributed by atoms with Crippen molar-refractivity contribution in [3.05, 3.63) is 64.7 Å². The van der Waals surface area contributed by atoms with Crippen molar-refractivity contribution in [2.24, 2.45) is 5.73 Å². The van der Waals surface area contributed by atoms with Crippen LogP contribution in [0.15, 0.2) is 42.5 Å². The molecular formula is C23H30N2O2. The second-order valence-corrected chi connectivity index (χ2v) is 8.21. The van der Waals surface area contributed by atoms with E-state index in [2.05, 4.69) is 39.8 Å². The van der Waals surface area contributed by atoms with Crippen LogP contribution in [-0.4, -0.2) is 17.7 Å². The summed E-state index contributed by atoms with van der Waals surface area (Å²) < 4.78 is 0. The molecule has 0 spiro atoms. The number of anilines is 1. The highest BCUT2D eigenvalue weighted by Gasteiger charge is 2.40. The molecule has 4 heteroatoms. The van der Waals surface area contributed by atoms with Crippen LogP contribution < -0.4 is 10.6 Å². The van der Waals surface area contributed by atoms with E-state index in [-0.39, 0.29) is 18.4 Å². The second kappa shape index (κ2) is 7.35. The lowest BCUT2D eigenvalue weighted by atomic mass is 9.90. The van der Waals surface area contributed by atoms with Crippen LogP contribution in [0.2, 0.25) is 0 Å². The number of hydrogen-bond donors (Lipinski definition) is 2. The molecule has 1 unspecified atom stereocenters. The molecule has 3 N–H and O–H groups in total. The van der Waals surface area contributed by atoms with Crippen LogP contribution in [0.1, 0.15) is 68.2 Å². The number of nitrogens with two attached hydrogens (primary N) is 1. The topological polar surface area (TPSA) is 66.6 Å². The van der Waals surface area contributed by atoms with E-state index >= 15 is 0 Å². The SMILES string of the molecule is CC(C)c1cccc(C(C)C)c1N(CC1(O)CCc2ccccc21)C(N)=O. The zero-order chi connectivity index (χ0) is 19.8. The highest BCUT2D eigenvalue weighted by molar-refractivity contribution is 5.93. The largest absolute Gasteiger partial charge is 0.383 e. The number of primary amides is 1. The molecule has 0 fully saturated rings. The minimum absolute atomic E-state index is 0.169. The van der Waals surface area contributed by atoms with Crippen molar-refractivity contribution in [3.8, 4) is 0 Å². The molecule has 0 saturated heterocycles. The molecule has 2 aromatic carbocycles. The molecule has 27 heavy (non-hydrogen) atoms. The monoisotopic (exact) mass is 366 g/mol. The van der Waals surface area contributed by atoms with E-state index in [4.69, 9.17) is 5.73 Å². The van der Waals surface area contributed by atoms with E-state index in [1.165, 1.54) is 0 Å². The predicted molar refractivity (Wildman–Crippen MR) is 110 cm³/mol. The fourth-order valence-electron chi connectivity index (χ4n) is 4.18. The van der Waals surface area contributed by atoms with Gasteiger partial charge in [0, 0.05) is 0 Å². The third kappa shape index (κ3) is 3.59. The Bertz CT molecular complexity index is 818. The van der Waals surface area contributed by atoms with Crippen LogP contribution in [-0.2, 0) is 12.0 Å². The predicted octanol–water partition coefficient (Wildman–Crippen LogP) is 4.65. The van der Waals surface area contributed by atoms with Gasteiger partial charge in [0.25, 0.3) is 0 Å². The molecule has 2 amide bonds. The van der Waals surface area contributed by atoms with E-state index in [0.717, 1.165) is 34.4 Å². The molecule has 144 valence electrons. The molecular weight excluding hydrogens is 336 g/mol. The third-order valence-corrected chi connectivity index (χ3v) is 5.62. The Labute approximate surface area is 162 Å². The Morgan fingerprint density at radius 1 is 1.07 bits per heavy atom. The van der Waals surface area contributed by atoms with Gasteiger partial charge in [-0.15, -0.1) is 0 Å². The summed E-state index contributed by atoms with van der Waals surface area (Å²) in [6.07, 6.45) is 1.40. The average molecular weight is 367 g/mol. The molecule has 0 aliphatic heterocycles. The first-order chi connectivity index (χ1) is 12.7. The van der Waals surface area contributed by atoms with Gasteiger partial charge in [-0.25, -0.2) is 4.79 Å². The molecule has 0 radical (unpaired) electrons. The zero-order valence-corrected chi connectivity index (χ0v) is 16.7. The normalized spacial score (nSPS) is 18.8. The highest BCUT2D eigenvalue weighted by atomic mass is 16.3. The van der Waals surface area contributed by atoms with Crippen LogP contribution in [0.4, 0.5) is 10.5 Å². The summed E-state index contributed by atoms with van der Waals surface area (Å²) in [7, 11) is 0. The lowest BCUT2D eigenvalue weighted by Gasteiger charge is -2.35. The van der Waals surface area contributed by atoms with Gasteiger partial charge in [0.05, 0.1) is 12.2 Å². The summed E-state index contributed by atoms with van der Waals surface area (Å²) >= 11 is 0. The Balaban J connectivity index is 2.10. The number of benzene rings is 2. The van der Waals surface area contributed by atoms with Crippen LogP contribution in [0.3, 0.4) is 0 Å². The maximum Gasteiger partial charge on any atom is 0.319 e. The van der Waals surface area contributed by atoms with Crippen molar-refractivity contribution in [3.63, 3.8) is 0 Å². The molecule has 0 heterocycles. The average Bonchev–Trinajstić information content (AvgIpc) is 2.96. The fourth-order valence-corrected chi connectivity index (χ4v) is 4.18. The molecule has 2 aromatic rings. The van der Waals surface area contributed by atoms with Crippen molar-refractivity contribution in [2.75, 3.05) is 11.4 Å². The highest BCUT2D eigenvalue weighted by Crippen LogP contribution is 2.41. The molecule has 3 rings (SSSR count). The summed E-state index contributed by atoms with van der Waals surface area (Å²) in [5.74, 6) is 0.483. The van der Waals surface area contributed by atoms with E-state index in [9.17, 15) is 9.90 Å². The number of urea groups is 1. The summed E-state index contributed by atoms with van der Waals surface area (Å²) in [5.41, 5.74) is 9.82. The number of aryl methyl sites for hydroxylation is 1. The number of amides is 2. The number of nitrogens with zero attached hydrogens (tertiary/aromatic N) is 1. The van der Waals surface area contributed by atoms with E-state index in [1.807, 2.05) is 30.3 Å². The van der Waals surface area contributed by atoms with Crippen LogP contribution >= 0.6 is 0 Å². The maximum absolute atomic E-state index is 12.5. The Morgan fingerprint density at radius 2 is 1.67 bits per heavy atom. The number of carbonyl (C=O) groups is 1. The van der Waals surface area contributed by atoms with E-state index in [1.54, 1.807) is 4.90 Å². The fraction of sp³-hybridized carbons (Fsp3) is 0.435. The minimum atomic E-state index is -1.08. The van der Waals surface area contributed by atoms with Gasteiger partial charge < -0.3 is 10.8 Å². The second-order valence-electron chi connectivity index (χ2n) is 8.21. The van der Waals surface area contributed by atoms with Crippen LogP contribution in [0, 0.1) is 0 Å². The first kappa shape index (κ1) is 19.4. The molecule has 1 aliphatic rings. The number of rotatable bonds is 5. The Kier molecular flexibility index (Phi) is 5.29. The van der Waals surface area contributed by atoms with Gasteiger partial charge in [-0.2, -0.15) is 0 Å². The summed E-state index contributed by atoms with van der Waals surface area (Å²) in [5, 5.41) is 11.4. The van der Waals surface area contributed by atoms with Gasteiger partial charge in [0.2, 0.25) is 0 Å². The van der Waals surface area contributed by atoms with Crippen molar-refractivity contribution in [1.82, 2.24) is 0 Å². The number of carbonyl (C=O) groups excluding carboxylic acids is 1. The summed E-state index contributed by atoms with van der Waals surface area (Å²) in [6.45, 7) is 8.62. The van der Waals surface area contributed by atoms with Crippen LogP contribution in [0.25, 0.3) is 0 Å². The van der Waals surface area contributed by atoms with Crippen molar-refractivity contribution >= 4 is 11.7 Å².